The van der Waals surface area contributed by atoms with Crippen LogP contribution < -0.4 is 10.1 Å². The molecule has 0 atom stereocenters. The number of hydrogen-bond donors (Lipinski definition) is 1. The second-order valence-corrected chi connectivity index (χ2v) is 7.42. The van der Waals surface area contributed by atoms with Crippen molar-refractivity contribution in [3.05, 3.63) is 45.8 Å². The molecule has 2 aromatic rings. The van der Waals surface area contributed by atoms with Gasteiger partial charge in [0, 0.05) is 29.6 Å². The van der Waals surface area contributed by atoms with E-state index in [9.17, 15) is 10.1 Å². The number of nitrogens with one attached hydrogen (secondary N) is 1. The van der Waals surface area contributed by atoms with E-state index in [4.69, 9.17) is 4.74 Å². The lowest BCUT2D eigenvalue weighted by atomic mass is 10.0. The highest BCUT2D eigenvalue weighted by Crippen LogP contribution is 2.37. The van der Waals surface area contributed by atoms with E-state index in [1.54, 1.807) is 31.4 Å². The number of thiophene rings is 1. The highest BCUT2D eigenvalue weighted by Gasteiger charge is 2.26. The zero-order valence-corrected chi connectivity index (χ0v) is 15.4. The summed E-state index contributed by atoms with van der Waals surface area (Å²) in [6.45, 7) is 6.14. The summed E-state index contributed by atoms with van der Waals surface area (Å²) >= 11 is 1.52. The van der Waals surface area contributed by atoms with Crippen LogP contribution in [0.3, 0.4) is 0 Å². The van der Waals surface area contributed by atoms with Crippen molar-refractivity contribution in [3.63, 3.8) is 0 Å². The van der Waals surface area contributed by atoms with Gasteiger partial charge in [-0.3, -0.25) is 9.69 Å². The Kier molecular flexibility index (Phi) is 5.07. The number of fused-ring (bicyclic) bond motifs is 1. The number of methoxy groups -OCH3 is 1. The normalized spacial score (nSPS) is 14.0. The number of carbonyl (C=O) groups excluding carboxylic acids is 1. The van der Waals surface area contributed by atoms with Crippen LogP contribution in [0.4, 0.5) is 5.00 Å². The maximum atomic E-state index is 12.5. The molecule has 0 fully saturated rings. The largest absolute Gasteiger partial charge is 0.497 e. The Labute approximate surface area is 151 Å². The molecule has 1 amide bonds. The molecule has 2 heterocycles. The van der Waals surface area contributed by atoms with Gasteiger partial charge in [0.05, 0.1) is 12.7 Å². The van der Waals surface area contributed by atoms with E-state index in [0.29, 0.717) is 27.9 Å². The van der Waals surface area contributed by atoms with E-state index in [-0.39, 0.29) is 5.91 Å². The molecule has 0 radical (unpaired) electrons. The van der Waals surface area contributed by atoms with E-state index in [1.807, 2.05) is 0 Å². The molecule has 0 spiro atoms. The molecule has 0 unspecified atom stereocenters. The molecule has 1 aliphatic heterocycles. The van der Waals surface area contributed by atoms with Crippen molar-refractivity contribution >= 4 is 22.2 Å². The Morgan fingerprint density at radius 1 is 1.36 bits per heavy atom. The number of rotatable bonds is 4. The average molecular weight is 355 g/mol. The summed E-state index contributed by atoms with van der Waals surface area (Å²) in [5.41, 5.74) is 2.25. The number of carbonyl (C=O) groups is 1. The minimum atomic E-state index is -0.210. The van der Waals surface area contributed by atoms with Crippen LogP contribution >= 0.6 is 11.3 Å². The first-order chi connectivity index (χ1) is 12.0. The molecule has 1 aliphatic rings. The number of nitriles is 1. The van der Waals surface area contributed by atoms with Crippen LogP contribution in [0.1, 0.15) is 40.2 Å². The van der Waals surface area contributed by atoms with Gasteiger partial charge in [0.2, 0.25) is 0 Å². The zero-order valence-electron chi connectivity index (χ0n) is 14.6. The standard InChI is InChI=1S/C19H21N3O2S/c1-12(2)22-9-8-15-16(10-20)19(25-17(15)11-22)21-18(23)13-4-6-14(24-3)7-5-13/h4-7,12H,8-9,11H2,1-3H3,(H,21,23). The maximum Gasteiger partial charge on any atom is 0.256 e. The Morgan fingerprint density at radius 2 is 2.08 bits per heavy atom. The number of ether oxygens (including phenoxy) is 1. The third-order valence-electron chi connectivity index (χ3n) is 4.51. The predicted octanol–water partition coefficient (Wildman–Crippen LogP) is 3.65. The third kappa shape index (κ3) is 3.53. The zero-order chi connectivity index (χ0) is 18.0. The molecule has 3 rings (SSSR count). The van der Waals surface area contributed by atoms with E-state index in [2.05, 4.69) is 30.1 Å². The molecular formula is C19H21N3O2S. The molecule has 0 bridgehead atoms. The molecule has 1 aromatic carbocycles. The molecule has 25 heavy (non-hydrogen) atoms. The smallest absolute Gasteiger partial charge is 0.256 e. The molecule has 0 saturated heterocycles. The van der Waals surface area contributed by atoms with Gasteiger partial charge in [-0.1, -0.05) is 0 Å². The number of hydrogen-bond acceptors (Lipinski definition) is 5. The summed E-state index contributed by atoms with van der Waals surface area (Å²) in [7, 11) is 1.59. The number of anilines is 1. The SMILES string of the molecule is COc1ccc(C(=O)Nc2sc3c(c2C#N)CCN(C(C)C)C3)cc1. The van der Waals surface area contributed by atoms with Gasteiger partial charge in [0.15, 0.2) is 0 Å². The number of amides is 1. The third-order valence-corrected chi connectivity index (χ3v) is 5.64. The van der Waals surface area contributed by atoms with Crippen LogP contribution in [0, 0.1) is 11.3 Å². The van der Waals surface area contributed by atoms with Gasteiger partial charge in [-0.15, -0.1) is 11.3 Å². The predicted molar refractivity (Wildman–Crippen MR) is 99.2 cm³/mol. The first-order valence-corrected chi connectivity index (χ1v) is 9.09. The highest BCUT2D eigenvalue weighted by atomic mass is 32.1. The van der Waals surface area contributed by atoms with Crippen LogP contribution in [0.5, 0.6) is 5.75 Å². The van der Waals surface area contributed by atoms with Gasteiger partial charge in [-0.25, -0.2) is 0 Å². The van der Waals surface area contributed by atoms with Gasteiger partial charge in [0.25, 0.3) is 5.91 Å². The lowest BCUT2D eigenvalue weighted by Crippen LogP contribution is -2.35. The molecule has 1 aromatic heterocycles. The van der Waals surface area contributed by atoms with E-state index < -0.39 is 0 Å². The van der Waals surface area contributed by atoms with E-state index in [0.717, 1.165) is 25.1 Å². The van der Waals surface area contributed by atoms with Crippen molar-refractivity contribution in [1.82, 2.24) is 4.90 Å². The van der Waals surface area contributed by atoms with Crippen LogP contribution in [0.25, 0.3) is 0 Å². The van der Waals surface area contributed by atoms with Crippen molar-refractivity contribution in [2.75, 3.05) is 19.0 Å². The minimum Gasteiger partial charge on any atom is -0.497 e. The lowest BCUT2D eigenvalue weighted by Gasteiger charge is -2.30. The molecule has 130 valence electrons. The van der Waals surface area contributed by atoms with Crippen LogP contribution in [0.15, 0.2) is 24.3 Å². The van der Waals surface area contributed by atoms with Gasteiger partial charge in [-0.05, 0) is 50.1 Å². The van der Waals surface area contributed by atoms with Gasteiger partial charge in [-0.2, -0.15) is 5.26 Å². The fourth-order valence-electron chi connectivity index (χ4n) is 2.99. The van der Waals surface area contributed by atoms with Crippen LogP contribution in [0.2, 0.25) is 0 Å². The Hall–Kier alpha value is -2.36. The maximum absolute atomic E-state index is 12.5. The second kappa shape index (κ2) is 7.26. The fraction of sp³-hybridized carbons (Fsp3) is 0.368. The Morgan fingerprint density at radius 3 is 2.68 bits per heavy atom. The summed E-state index contributed by atoms with van der Waals surface area (Å²) in [4.78, 5) is 16.1. The summed E-state index contributed by atoms with van der Waals surface area (Å²) in [5, 5.41) is 13.1. The molecular weight excluding hydrogens is 334 g/mol. The molecule has 5 nitrogen and oxygen atoms in total. The van der Waals surface area contributed by atoms with E-state index >= 15 is 0 Å². The summed E-state index contributed by atoms with van der Waals surface area (Å²) in [5.74, 6) is 0.494. The summed E-state index contributed by atoms with van der Waals surface area (Å²) in [6.07, 6.45) is 0.852. The van der Waals surface area contributed by atoms with Gasteiger partial charge >= 0.3 is 0 Å². The van der Waals surface area contributed by atoms with Crippen molar-refractivity contribution in [2.45, 2.75) is 32.9 Å². The lowest BCUT2D eigenvalue weighted by molar-refractivity contribution is 0.102. The van der Waals surface area contributed by atoms with Crippen molar-refractivity contribution < 1.29 is 9.53 Å². The Balaban J connectivity index is 1.83. The summed E-state index contributed by atoms with van der Waals surface area (Å²) in [6, 6.07) is 9.68. The molecule has 6 heteroatoms. The van der Waals surface area contributed by atoms with Crippen molar-refractivity contribution in [2.24, 2.45) is 0 Å². The molecule has 0 aliphatic carbocycles. The fourth-order valence-corrected chi connectivity index (χ4v) is 4.21. The Bertz CT molecular complexity index is 818. The van der Waals surface area contributed by atoms with Gasteiger partial charge in [0.1, 0.15) is 16.8 Å². The average Bonchev–Trinajstić information content (AvgIpc) is 2.97. The first kappa shape index (κ1) is 17.5. The van der Waals surface area contributed by atoms with Crippen molar-refractivity contribution in [1.29, 1.82) is 5.26 Å². The van der Waals surface area contributed by atoms with E-state index in [1.165, 1.54) is 16.2 Å². The molecule has 0 saturated carbocycles. The molecule has 1 N–H and O–H groups in total. The second-order valence-electron chi connectivity index (χ2n) is 6.32. The van der Waals surface area contributed by atoms with Crippen molar-refractivity contribution in [3.8, 4) is 11.8 Å². The summed E-state index contributed by atoms with van der Waals surface area (Å²) < 4.78 is 5.11. The van der Waals surface area contributed by atoms with Gasteiger partial charge < -0.3 is 10.1 Å². The number of benzene rings is 1. The monoisotopic (exact) mass is 355 g/mol. The topological polar surface area (TPSA) is 65.4 Å². The van der Waals surface area contributed by atoms with Crippen LogP contribution in [-0.2, 0) is 13.0 Å². The minimum absolute atomic E-state index is 0.210. The first-order valence-electron chi connectivity index (χ1n) is 8.27. The highest BCUT2D eigenvalue weighted by molar-refractivity contribution is 7.16. The number of nitrogens with zero attached hydrogens (tertiary/aromatic N) is 2. The van der Waals surface area contributed by atoms with Crippen LogP contribution in [-0.4, -0.2) is 30.5 Å². The quantitative estimate of drug-likeness (QED) is 0.909.